The van der Waals surface area contributed by atoms with E-state index in [2.05, 4.69) is 127 Å². The van der Waals surface area contributed by atoms with Crippen LogP contribution in [0.5, 0.6) is 11.5 Å². The van der Waals surface area contributed by atoms with Gasteiger partial charge in [0.15, 0.2) is 0 Å². The number of rotatable bonds is 2. The Morgan fingerprint density at radius 2 is 0.923 bits per heavy atom. The molecule has 1 aliphatic heterocycles. The van der Waals surface area contributed by atoms with Gasteiger partial charge in [0.05, 0.1) is 0 Å². The monoisotopic (exact) mass is 494 g/mol. The minimum absolute atomic E-state index is 0.912. The lowest BCUT2D eigenvalue weighted by Crippen LogP contribution is -1.99. The van der Waals surface area contributed by atoms with Crippen molar-refractivity contribution in [2.45, 2.75) is 0 Å². The van der Waals surface area contributed by atoms with Crippen LogP contribution in [0.3, 0.4) is 0 Å². The summed E-state index contributed by atoms with van der Waals surface area (Å²) in [5.41, 5.74) is 7.23. The van der Waals surface area contributed by atoms with Gasteiger partial charge in [-0.2, -0.15) is 0 Å². The van der Waals surface area contributed by atoms with Gasteiger partial charge >= 0.3 is 0 Å². The Morgan fingerprint density at radius 3 is 1.72 bits per heavy atom. The van der Waals surface area contributed by atoms with Crippen LogP contribution in [0.25, 0.3) is 76.5 Å². The number of para-hydroxylation sites is 1. The molecule has 0 fully saturated rings. The van der Waals surface area contributed by atoms with Gasteiger partial charge < -0.3 is 4.74 Å². The first-order chi connectivity index (χ1) is 19.3. The molecule has 1 heteroatoms. The zero-order valence-corrected chi connectivity index (χ0v) is 21.1. The Bertz CT molecular complexity index is 2240. The van der Waals surface area contributed by atoms with E-state index in [0.717, 1.165) is 22.6 Å². The molecule has 0 atom stereocenters. The molecule has 0 bridgehead atoms. The Hall–Kier alpha value is -5.14. The maximum Gasteiger partial charge on any atom is 0.143 e. The third-order valence-electron chi connectivity index (χ3n) is 8.43. The molecule has 0 aromatic heterocycles. The average Bonchev–Trinajstić information content (AvgIpc) is 3.00. The van der Waals surface area contributed by atoms with Crippen LogP contribution in [-0.2, 0) is 0 Å². The summed E-state index contributed by atoms with van der Waals surface area (Å²) < 4.78 is 6.70. The van der Waals surface area contributed by atoms with E-state index in [9.17, 15) is 0 Å². The van der Waals surface area contributed by atoms with E-state index in [4.69, 9.17) is 4.74 Å². The van der Waals surface area contributed by atoms with Gasteiger partial charge in [0.2, 0.25) is 0 Å². The third-order valence-corrected chi connectivity index (χ3v) is 8.43. The van der Waals surface area contributed by atoms with Crippen molar-refractivity contribution in [2.75, 3.05) is 0 Å². The van der Waals surface area contributed by atoms with Gasteiger partial charge in [-0.05, 0) is 72.1 Å². The molecule has 8 aromatic carbocycles. The first-order valence-electron chi connectivity index (χ1n) is 13.4. The number of hydrogen-bond acceptors (Lipinski definition) is 1. The molecule has 0 unspecified atom stereocenters. The predicted molar refractivity (Wildman–Crippen MR) is 164 cm³/mol. The van der Waals surface area contributed by atoms with Gasteiger partial charge in [-0.15, -0.1) is 0 Å². The lowest BCUT2D eigenvalue weighted by molar-refractivity contribution is 0.489. The van der Waals surface area contributed by atoms with Gasteiger partial charge in [-0.3, -0.25) is 0 Å². The lowest BCUT2D eigenvalue weighted by atomic mass is 9.86. The zero-order valence-electron chi connectivity index (χ0n) is 21.1. The van der Waals surface area contributed by atoms with E-state index in [1.165, 1.54) is 65.3 Å². The number of ether oxygens (including phenoxy) is 1. The minimum Gasteiger partial charge on any atom is -0.455 e. The number of hydrogen-bond donors (Lipinski definition) is 0. The van der Waals surface area contributed by atoms with Crippen molar-refractivity contribution in [3.63, 3.8) is 0 Å². The fourth-order valence-electron chi connectivity index (χ4n) is 6.68. The molecule has 0 saturated heterocycles. The van der Waals surface area contributed by atoms with E-state index in [1.807, 2.05) is 6.07 Å². The number of benzene rings is 8. The van der Waals surface area contributed by atoms with Crippen molar-refractivity contribution in [1.82, 2.24) is 0 Å². The fraction of sp³-hybridized carbons (Fsp3) is 0. The first kappa shape index (κ1) is 20.9. The molecule has 0 N–H and O–H groups in total. The van der Waals surface area contributed by atoms with E-state index in [-0.39, 0.29) is 0 Å². The molecule has 0 spiro atoms. The molecule has 0 aliphatic carbocycles. The summed E-state index contributed by atoms with van der Waals surface area (Å²) in [7, 11) is 0. The molecular weight excluding hydrogens is 472 g/mol. The van der Waals surface area contributed by atoms with Crippen LogP contribution in [-0.4, -0.2) is 0 Å². The van der Waals surface area contributed by atoms with E-state index in [0.29, 0.717) is 0 Å². The van der Waals surface area contributed by atoms with Crippen molar-refractivity contribution in [3.05, 3.63) is 133 Å². The van der Waals surface area contributed by atoms with Crippen molar-refractivity contribution in [3.8, 4) is 44.9 Å². The second-order valence-electron chi connectivity index (χ2n) is 10.5. The molecule has 1 nitrogen and oxygen atoms in total. The minimum atomic E-state index is 0.912. The molecule has 180 valence electrons. The van der Waals surface area contributed by atoms with Gasteiger partial charge in [-0.1, -0.05) is 121 Å². The second kappa shape index (κ2) is 7.69. The highest BCUT2D eigenvalue weighted by molar-refractivity contribution is 6.28. The Kier molecular flexibility index (Phi) is 4.11. The molecule has 39 heavy (non-hydrogen) atoms. The van der Waals surface area contributed by atoms with Crippen molar-refractivity contribution in [2.24, 2.45) is 0 Å². The lowest BCUT2D eigenvalue weighted by Gasteiger charge is -2.24. The summed E-state index contributed by atoms with van der Waals surface area (Å²) in [6, 6.07) is 48.3. The molecule has 9 rings (SSSR count). The Labute approximate surface area is 225 Å². The summed E-state index contributed by atoms with van der Waals surface area (Å²) in [5, 5.41) is 10.1. The van der Waals surface area contributed by atoms with Crippen molar-refractivity contribution < 1.29 is 4.74 Å². The average molecular weight is 495 g/mol. The zero-order chi connectivity index (χ0) is 25.5. The molecule has 1 aliphatic rings. The second-order valence-corrected chi connectivity index (χ2v) is 10.5. The molecule has 0 amide bonds. The van der Waals surface area contributed by atoms with Crippen LogP contribution in [0.4, 0.5) is 0 Å². The summed E-state index contributed by atoms with van der Waals surface area (Å²) in [6.45, 7) is 0. The third kappa shape index (κ3) is 2.85. The van der Waals surface area contributed by atoms with Crippen LogP contribution in [0.2, 0.25) is 0 Å². The standard InChI is InChI=1S/C38H22O/c1-2-7-23(8-3-1)27-18-13-25-16-21-32-28(19-14-26-15-20-31(27)35(25)36(26)32)33-22-17-24-9-6-11-30-29-10-4-5-12-34(29)39-38(33)37(24)30/h1-22H. The van der Waals surface area contributed by atoms with E-state index < -0.39 is 0 Å². The molecule has 0 saturated carbocycles. The quantitative estimate of drug-likeness (QED) is 0.217. The van der Waals surface area contributed by atoms with E-state index in [1.54, 1.807) is 0 Å². The summed E-state index contributed by atoms with van der Waals surface area (Å²) in [5.74, 6) is 1.86. The summed E-state index contributed by atoms with van der Waals surface area (Å²) >= 11 is 0. The summed E-state index contributed by atoms with van der Waals surface area (Å²) in [6.07, 6.45) is 0. The smallest absolute Gasteiger partial charge is 0.143 e. The summed E-state index contributed by atoms with van der Waals surface area (Å²) in [4.78, 5) is 0. The van der Waals surface area contributed by atoms with Gasteiger partial charge in [0.25, 0.3) is 0 Å². The van der Waals surface area contributed by atoms with Crippen LogP contribution < -0.4 is 4.74 Å². The topological polar surface area (TPSA) is 9.23 Å². The van der Waals surface area contributed by atoms with Crippen LogP contribution >= 0.6 is 0 Å². The molecule has 0 radical (unpaired) electrons. The van der Waals surface area contributed by atoms with Crippen LogP contribution in [0.15, 0.2) is 133 Å². The maximum atomic E-state index is 6.70. The largest absolute Gasteiger partial charge is 0.455 e. The number of fused-ring (bicyclic) bond motifs is 2. The highest BCUT2D eigenvalue weighted by Gasteiger charge is 2.24. The van der Waals surface area contributed by atoms with Gasteiger partial charge in [-0.25, -0.2) is 0 Å². The molecule has 8 aromatic rings. The highest BCUT2D eigenvalue weighted by atomic mass is 16.5. The van der Waals surface area contributed by atoms with Crippen LogP contribution in [0.1, 0.15) is 0 Å². The van der Waals surface area contributed by atoms with Gasteiger partial charge in [0, 0.05) is 16.5 Å². The van der Waals surface area contributed by atoms with Crippen molar-refractivity contribution >= 4 is 43.1 Å². The SMILES string of the molecule is c1ccc(-c2ccc3ccc4c(-c5ccc6cccc7c6c5Oc5ccccc5-7)ccc5ccc2c3c54)cc1. The van der Waals surface area contributed by atoms with Crippen molar-refractivity contribution in [1.29, 1.82) is 0 Å². The fourth-order valence-corrected chi connectivity index (χ4v) is 6.68. The Balaban J connectivity index is 1.37. The van der Waals surface area contributed by atoms with Crippen LogP contribution in [0, 0.1) is 0 Å². The molecule has 1 heterocycles. The van der Waals surface area contributed by atoms with Gasteiger partial charge in [0.1, 0.15) is 11.5 Å². The first-order valence-corrected chi connectivity index (χ1v) is 13.4. The van der Waals surface area contributed by atoms with E-state index >= 15 is 0 Å². The highest BCUT2D eigenvalue weighted by Crippen LogP contribution is 2.52. The molecular formula is C38H22O. The normalized spacial score (nSPS) is 12.3. The Morgan fingerprint density at radius 1 is 0.333 bits per heavy atom. The predicted octanol–water partition coefficient (Wildman–Crippen LogP) is 10.8. The maximum absolute atomic E-state index is 6.70.